The third kappa shape index (κ3) is 7.87. The van der Waals surface area contributed by atoms with Gasteiger partial charge in [0.25, 0.3) is 0 Å². The summed E-state index contributed by atoms with van der Waals surface area (Å²) in [6, 6.07) is 7.01. The molecule has 12 heteroatoms. The number of fused-ring (bicyclic) bond motifs is 2. The zero-order valence-corrected chi connectivity index (χ0v) is 26.8. The third-order valence-electron chi connectivity index (χ3n) is 7.53. The molecule has 2 aromatic rings. The summed E-state index contributed by atoms with van der Waals surface area (Å²) in [6.07, 6.45) is -11.0. The highest BCUT2D eigenvalue weighted by Gasteiger charge is 2.50. The van der Waals surface area contributed by atoms with Crippen molar-refractivity contribution in [3.05, 3.63) is 68.8 Å². The molecule has 2 aliphatic heterocycles. The number of aliphatic carboxylic acids is 2. The lowest BCUT2D eigenvalue weighted by molar-refractivity contribution is -0.187. The first kappa shape index (κ1) is 36.5. The molecule has 0 aromatic heterocycles. The van der Waals surface area contributed by atoms with Crippen LogP contribution in [0.3, 0.4) is 0 Å². The highest BCUT2D eigenvalue weighted by atomic mass is 19.4. The zero-order valence-electron chi connectivity index (χ0n) is 26.8. The van der Waals surface area contributed by atoms with Gasteiger partial charge in [-0.1, -0.05) is 67.5 Å². The monoisotopic (exact) mass is 656 g/mol. The van der Waals surface area contributed by atoms with Crippen molar-refractivity contribution in [2.75, 3.05) is 0 Å². The quantitative estimate of drug-likeness (QED) is 0.320. The van der Waals surface area contributed by atoms with Gasteiger partial charge < -0.3 is 19.7 Å². The van der Waals surface area contributed by atoms with E-state index in [4.69, 9.17) is 19.7 Å². The molecule has 2 heterocycles. The van der Waals surface area contributed by atoms with Crippen LogP contribution >= 0.6 is 0 Å². The number of rotatable bonds is 4. The molecule has 0 saturated carbocycles. The van der Waals surface area contributed by atoms with E-state index in [1.165, 1.54) is 0 Å². The van der Waals surface area contributed by atoms with Crippen molar-refractivity contribution in [3.8, 4) is 11.5 Å². The lowest BCUT2D eigenvalue weighted by atomic mass is 9.82. The van der Waals surface area contributed by atoms with Crippen molar-refractivity contribution in [1.29, 1.82) is 0 Å². The zero-order chi connectivity index (χ0) is 35.2. The van der Waals surface area contributed by atoms with E-state index in [1.54, 1.807) is 12.1 Å². The standard InChI is InChI=1S/2C17H19F3O3/c2*1-5-9-6-10-8-11(15(21)22)14(17(18,19)20)23-13(10)12(7-9)16(2,3)4/h2*6-8,14H,5H2,1-4H3,(H,21,22). The topological polar surface area (TPSA) is 93.1 Å². The second-order valence-corrected chi connectivity index (χ2v) is 13.2. The van der Waals surface area contributed by atoms with Crippen LogP contribution in [0.15, 0.2) is 35.4 Å². The molecule has 2 N–H and O–H groups in total. The number of hydrogen-bond acceptors (Lipinski definition) is 4. The van der Waals surface area contributed by atoms with Gasteiger partial charge in [0.15, 0.2) is 0 Å². The van der Waals surface area contributed by atoms with Gasteiger partial charge in [-0.2, -0.15) is 26.3 Å². The van der Waals surface area contributed by atoms with Crippen LogP contribution in [0.1, 0.15) is 88.8 Å². The molecule has 0 fully saturated rings. The maximum atomic E-state index is 13.2. The Kier molecular flexibility index (Phi) is 10.1. The van der Waals surface area contributed by atoms with Crippen LogP contribution in [0.4, 0.5) is 26.3 Å². The van der Waals surface area contributed by atoms with E-state index in [1.807, 2.05) is 67.5 Å². The van der Waals surface area contributed by atoms with Gasteiger partial charge in [-0.05, 0) is 59.1 Å². The van der Waals surface area contributed by atoms with Gasteiger partial charge in [0.2, 0.25) is 12.2 Å². The van der Waals surface area contributed by atoms with Crippen LogP contribution in [0, 0.1) is 0 Å². The largest absolute Gasteiger partial charge is 0.478 e. The number of benzene rings is 2. The Hall–Kier alpha value is -3.96. The molecule has 0 aliphatic carbocycles. The molecular formula is C34H38F6O6. The summed E-state index contributed by atoms with van der Waals surface area (Å²) in [7, 11) is 0. The number of aryl methyl sites for hydroxylation is 2. The number of carbonyl (C=O) groups is 2. The smallest absolute Gasteiger partial charge is 0.430 e. The SMILES string of the molecule is CCc1cc2c(c(C(C)(C)C)c1)OC(C(F)(F)F)C(C(=O)O)=C2.CCc1cc2c(c(C(C)(C)C)c1)OC(C(F)(F)F)C(C(=O)O)=C2. The predicted octanol–water partition coefficient (Wildman–Crippen LogP) is 8.68. The summed E-state index contributed by atoms with van der Waals surface area (Å²) in [5.41, 5.74) is 1.44. The average molecular weight is 657 g/mol. The Bertz CT molecular complexity index is 1450. The lowest BCUT2D eigenvalue weighted by Crippen LogP contribution is -2.41. The maximum Gasteiger partial charge on any atom is 0.430 e. The fraction of sp³-hybridized carbons (Fsp3) is 0.471. The molecule has 2 atom stereocenters. The van der Waals surface area contributed by atoms with Crippen molar-refractivity contribution < 1.29 is 55.6 Å². The molecule has 0 spiro atoms. The maximum absolute atomic E-state index is 13.2. The number of halogens is 6. The number of carboxylic acids is 2. The Labute approximate surface area is 263 Å². The van der Waals surface area contributed by atoms with Crippen LogP contribution in [-0.4, -0.2) is 46.7 Å². The van der Waals surface area contributed by atoms with E-state index in [-0.39, 0.29) is 11.5 Å². The van der Waals surface area contributed by atoms with Gasteiger partial charge in [-0.15, -0.1) is 0 Å². The highest BCUT2D eigenvalue weighted by molar-refractivity contribution is 5.96. The molecular weight excluding hydrogens is 618 g/mol. The summed E-state index contributed by atoms with van der Waals surface area (Å²) in [4.78, 5) is 22.4. The Balaban J connectivity index is 0.000000250. The van der Waals surface area contributed by atoms with E-state index >= 15 is 0 Å². The number of ether oxygens (including phenoxy) is 2. The Morgan fingerprint density at radius 2 is 0.935 bits per heavy atom. The predicted molar refractivity (Wildman–Crippen MR) is 161 cm³/mol. The van der Waals surface area contributed by atoms with E-state index in [0.29, 0.717) is 35.1 Å². The van der Waals surface area contributed by atoms with Gasteiger partial charge in [-0.3, -0.25) is 0 Å². The number of hydrogen-bond donors (Lipinski definition) is 2. The molecule has 4 rings (SSSR count). The van der Waals surface area contributed by atoms with Crippen LogP contribution in [0.2, 0.25) is 0 Å². The third-order valence-corrected chi connectivity index (χ3v) is 7.53. The van der Waals surface area contributed by atoms with E-state index in [0.717, 1.165) is 23.3 Å². The van der Waals surface area contributed by atoms with Crippen LogP contribution < -0.4 is 9.47 Å². The molecule has 2 aliphatic rings. The summed E-state index contributed by atoms with van der Waals surface area (Å²) >= 11 is 0. The van der Waals surface area contributed by atoms with E-state index in [9.17, 15) is 35.9 Å². The molecule has 0 amide bonds. The molecule has 2 aromatic carbocycles. The van der Waals surface area contributed by atoms with Gasteiger partial charge in [-0.25, -0.2) is 9.59 Å². The van der Waals surface area contributed by atoms with Gasteiger partial charge >= 0.3 is 24.3 Å². The molecule has 0 bridgehead atoms. The molecule has 2 unspecified atom stereocenters. The number of carboxylic acid groups (broad SMARTS) is 2. The second-order valence-electron chi connectivity index (χ2n) is 13.2. The van der Waals surface area contributed by atoms with Gasteiger partial charge in [0, 0.05) is 22.3 Å². The minimum absolute atomic E-state index is 0.113. The van der Waals surface area contributed by atoms with Crippen molar-refractivity contribution >= 4 is 24.1 Å². The van der Waals surface area contributed by atoms with Gasteiger partial charge in [0.05, 0.1) is 11.1 Å². The summed E-state index contributed by atoms with van der Waals surface area (Å²) in [5, 5.41) is 18.2. The first-order chi connectivity index (χ1) is 20.9. The van der Waals surface area contributed by atoms with Crippen molar-refractivity contribution in [2.24, 2.45) is 0 Å². The molecule has 252 valence electrons. The van der Waals surface area contributed by atoms with Crippen molar-refractivity contribution in [1.82, 2.24) is 0 Å². The van der Waals surface area contributed by atoms with Crippen LogP contribution in [-0.2, 0) is 33.3 Å². The fourth-order valence-corrected chi connectivity index (χ4v) is 5.11. The van der Waals surface area contributed by atoms with Crippen LogP contribution in [0.25, 0.3) is 12.2 Å². The number of alkyl halides is 6. The molecule has 46 heavy (non-hydrogen) atoms. The summed E-state index contributed by atoms with van der Waals surface area (Å²) in [6.45, 7) is 15.1. The first-order valence-corrected chi connectivity index (χ1v) is 14.6. The Morgan fingerprint density at radius 3 is 1.15 bits per heavy atom. The van der Waals surface area contributed by atoms with E-state index < -0.39 is 58.5 Å². The Morgan fingerprint density at radius 1 is 0.630 bits per heavy atom. The summed E-state index contributed by atoms with van der Waals surface area (Å²) in [5.74, 6) is -3.03. The summed E-state index contributed by atoms with van der Waals surface area (Å²) < 4.78 is 89.4. The van der Waals surface area contributed by atoms with Gasteiger partial charge in [0.1, 0.15) is 11.5 Å². The fourth-order valence-electron chi connectivity index (χ4n) is 5.11. The average Bonchev–Trinajstić information content (AvgIpc) is 2.92. The minimum atomic E-state index is -4.79. The van der Waals surface area contributed by atoms with Crippen molar-refractivity contribution in [2.45, 2.75) is 104 Å². The minimum Gasteiger partial charge on any atom is -0.478 e. The highest BCUT2D eigenvalue weighted by Crippen LogP contribution is 2.45. The molecule has 0 radical (unpaired) electrons. The van der Waals surface area contributed by atoms with Crippen molar-refractivity contribution in [3.63, 3.8) is 0 Å². The van der Waals surface area contributed by atoms with E-state index in [2.05, 4.69) is 0 Å². The normalized spacial score (nSPS) is 18.0. The first-order valence-electron chi connectivity index (χ1n) is 14.6. The van der Waals surface area contributed by atoms with Crippen LogP contribution in [0.5, 0.6) is 11.5 Å². The molecule has 0 saturated heterocycles. The molecule has 6 nitrogen and oxygen atoms in total. The lowest BCUT2D eigenvalue weighted by Gasteiger charge is -2.32. The second kappa shape index (κ2) is 12.7.